The summed E-state index contributed by atoms with van der Waals surface area (Å²) >= 11 is 0. The van der Waals surface area contributed by atoms with Gasteiger partial charge in [-0.3, -0.25) is 9.59 Å². The Morgan fingerprint density at radius 3 is 2.52 bits per heavy atom. The number of carbonyl (C=O) groups excluding carboxylic acids is 2. The summed E-state index contributed by atoms with van der Waals surface area (Å²) in [5.41, 5.74) is 2.20. The molecule has 0 aliphatic carbocycles. The van der Waals surface area contributed by atoms with Gasteiger partial charge in [0.1, 0.15) is 23.9 Å². The van der Waals surface area contributed by atoms with Crippen LogP contribution in [0.15, 0.2) is 78.9 Å². The van der Waals surface area contributed by atoms with E-state index >= 15 is 0 Å². The summed E-state index contributed by atoms with van der Waals surface area (Å²) in [7, 11) is 0. The quantitative estimate of drug-likeness (QED) is 0.455. The average Bonchev–Trinajstić information content (AvgIpc) is 3.08. The van der Waals surface area contributed by atoms with Crippen LogP contribution in [0.5, 0.6) is 11.5 Å². The van der Waals surface area contributed by atoms with E-state index in [2.05, 4.69) is 10.3 Å². The standard InChI is InChI=1S/C24H21N3O4/c1-17-25-21-12-5-6-13-22(21)27(17)15-24(29)30-16-23(28)26-18-8-7-11-20(14-18)31-19-9-3-2-4-10-19/h2-14H,15-16H2,1H3,(H,26,28). The highest BCUT2D eigenvalue weighted by Crippen LogP contribution is 2.23. The normalized spacial score (nSPS) is 10.6. The topological polar surface area (TPSA) is 82.5 Å². The molecule has 0 atom stereocenters. The summed E-state index contributed by atoms with van der Waals surface area (Å²) in [6.45, 7) is 1.43. The van der Waals surface area contributed by atoms with Crippen molar-refractivity contribution in [3.05, 3.63) is 84.7 Å². The van der Waals surface area contributed by atoms with Gasteiger partial charge in [-0.2, -0.15) is 0 Å². The van der Waals surface area contributed by atoms with Crippen molar-refractivity contribution >= 4 is 28.6 Å². The monoisotopic (exact) mass is 415 g/mol. The first kappa shape index (κ1) is 20.2. The Kier molecular flexibility index (Phi) is 5.93. The van der Waals surface area contributed by atoms with Gasteiger partial charge in [-0.25, -0.2) is 4.98 Å². The lowest BCUT2D eigenvalue weighted by atomic mass is 10.3. The van der Waals surface area contributed by atoms with Gasteiger partial charge in [-0.05, 0) is 43.3 Å². The molecular weight excluding hydrogens is 394 g/mol. The summed E-state index contributed by atoms with van der Waals surface area (Å²) in [5, 5.41) is 2.71. The summed E-state index contributed by atoms with van der Waals surface area (Å²) in [6.07, 6.45) is 0. The summed E-state index contributed by atoms with van der Waals surface area (Å²) in [4.78, 5) is 28.9. The maximum atomic E-state index is 12.2. The van der Waals surface area contributed by atoms with Gasteiger partial charge in [0.15, 0.2) is 6.61 Å². The van der Waals surface area contributed by atoms with Crippen LogP contribution in [0.1, 0.15) is 5.82 Å². The van der Waals surface area contributed by atoms with E-state index in [1.54, 1.807) is 28.8 Å². The van der Waals surface area contributed by atoms with E-state index in [1.807, 2.05) is 61.5 Å². The molecule has 0 saturated carbocycles. The fourth-order valence-electron chi connectivity index (χ4n) is 3.18. The third-order valence-electron chi connectivity index (χ3n) is 4.59. The summed E-state index contributed by atoms with van der Waals surface area (Å²) in [6, 6.07) is 23.9. The average molecular weight is 415 g/mol. The number of fused-ring (bicyclic) bond motifs is 1. The number of hydrogen-bond acceptors (Lipinski definition) is 5. The summed E-state index contributed by atoms with van der Waals surface area (Å²) in [5.74, 6) is 1.04. The van der Waals surface area contributed by atoms with Gasteiger partial charge in [-0.1, -0.05) is 36.4 Å². The number of hydrogen-bond donors (Lipinski definition) is 1. The lowest BCUT2D eigenvalue weighted by molar-refractivity contribution is -0.147. The number of aromatic nitrogens is 2. The minimum atomic E-state index is -0.512. The Balaban J connectivity index is 1.31. The molecule has 0 unspecified atom stereocenters. The molecule has 1 N–H and O–H groups in total. The Morgan fingerprint density at radius 1 is 0.935 bits per heavy atom. The van der Waals surface area contributed by atoms with Crippen molar-refractivity contribution in [1.29, 1.82) is 0 Å². The Bertz CT molecular complexity index is 1220. The smallest absolute Gasteiger partial charge is 0.326 e. The molecule has 0 aliphatic heterocycles. The van der Waals surface area contributed by atoms with Gasteiger partial charge in [-0.15, -0.1) is 0 Å². The Morgan fingerprint density at radius 2 is 1.68 bits per heavy atom. The largest absolute Gasteiger partial charge is 0.457 e. The molecule has 0 bridgehead atoms. The van der Waals surface area contributed by atoms with Crippen molar-refractivity contribution in [2.75, 3.05) is 11.9 Å². The van der Waals surface area contributed by atoms with Crippen LogP contribution in [0, 0.1) is 6.92 Å². The number of nitrogens with one attached hydrogen (secondary N) is 1. The van der Waals surface area contributed by atoms with Crippen LogP contribution in [0.4, 0.5) is 5.69 Å². The van der Waals surface area contributed by atoms with E-state index < -0.39 is 11.9 Å². The van der Waals surface area contributed by atoms with Gasteiger partial charge in [0.05, 0.1) is 11.0 Å². The molecule has 3 aromatic carbocycles. The van der Waals surface area contributed by atoms with Gasteiger partial charge >= 0.3 is 5.97 Å². The second-order valence-electron chi connectivity index (χ2n) is 6.89. The number of aryl methyl sites for hydroxylation is 1. The van der Waals surface area contributed by atoms with Crippen LogP contribution in [0.2, 0.25) is 0 Å². The molecule has 0 saturated heterocycles. The van der Waals surface area contributed by atoms with Gasteiger partial charge < -0.3 is 19.4 Å². The second-order valence-corrected chi connectivity index (χ2v) is 6.89. The first-order valence-corrected chi connectivity index (χ1v) is 9.79. The number of carbonyl (C=O) groups is 2. The molecule has 7 nitrogen and oxygen atoms in total. The maximum absolute atomic E-state index is 12.2. The van der Waals surface area contributed by atoms with Crippen LogP contribution < -0.4 is 10.1 Å². The van der Waals surface area contributed by atoms with Crippen molar-refractivity contribution in [3.63, 3.8) is 0 Å². The Hall–Kier alpha value is -4.13. The molecule has 0 fully saturated rings. The van der Waals surface area contributed by atoms with E-state index in [0.29, 0.717) is 23.0 Å². The van der Waals surface area contributed by atoms with Crippen LogP contribution in [0.3, 0.4) is 0 Å². The third-order valence-corrected chi connectivity index (χ3v) is 4.59. The number of rotatable bonds is 7. The SMILES string of the molecule is Cc1nc2ccccc2n1CC(=O)OCC(=O)Nc1cccc(Oc2ccccc2)c1. The molecule has 0 radical (unpaired) electrons. The van der Waals surface area contributed by atoms with Crippen molar-refractivity contribution in [3.8, 4) is 11.5 Å². The molecule has 4 rings (SSSR count). The zero-order valence-corrected chi connectivity index (χ0v) is 16.9. The maximum Gasteiger partial charge on any atom is 0.326 e. The number of anilines is 1. The second kappa shape index (κ2) is 9.13. The van der Waals surface area contributed by atoms with Crippen LogP contribution in [0.25, 0.3) is 11.0 Å². The first-order valence-electron chi connectivity index (χ1n) is 9.79. The molecule has 1 heterocycles. The predicted molar refractivity (Wildman–Crippen MR) is 117 cm³/mol. The zero-order valence-electron chi connectivity index (χ0n) is 16.9. The highest BCUT2D eigenvalue weighted by Gasteiger charge is 2.13. The lowest BCUT2D eigenvalue weighted by Crippen LogP contribution is -2.23. The fraction of sp³-hybridized carbons (Fsp3) is 0.125. The van der Waals surface area contributed by atoms with E-state index in [-0.39, 0.29) is 13.2 Å². The highest BCUT2D eigenvalue weighted by molar-refractivity contribution is 5.93. The number of esters is 1. The lowest BCUT2D eigenvalue weighted by Gasteiger charge is -2.10. The van der Waals surface area contributed by atoms with Crippen LogP contribution >= 0.6 is 0 Å². The van der Waals surface area contributed by atoms with Gasteiger partial charge in [0, 0.05) is 11.8 Å². The molecule has 0 aliphatic rings. The minimum Gasteiger partial charge on any atom is -0.457 e. The van der Waals surface area contributed by atoms with Gasteiger partial charge in [0.25, 0.3) is 5.91 Å². The number of imidazole rings is 1. The molecule has 31 heavy (non-hydrogen) atoms. The van der Waals surface area contributed by atoms with E-state index in [1.165, 1.54) is 0 Å². The first-order chi connectivity index (χ1) is 15.1. The minimum absolute atomic E-state index is 0.0139. The summed E-state index contributed by atoms with van der Waals surface area (Å²) < 4.78 is 12.7. The van der Waals surface area contributed by atoms with Gasteiger partial charge in [0.2, 0.25) is 0 Å². The Labute approximate surface area is 179 Å². The molecule has 1 amide bonds. The predicted octanol–water partition coefficient (Wildman–Crippen LogP) is 4.32. The number of ether oxygens (including phenoxy) is 2. The fourth-order valence-corrected chi connectivity index (χ4v) is 3.18. The molecule has 7 heteroatoms. The number of benzene rings is 3. The third kappa shape index (κ3) is 5.08. The molecule has 156 valence electrons. The molecule has 0 spiro atoms. The van der Waals surface area contributed by atoms with E-state index in [4.69, 9.17) is 9.47 Å². The highest BCUT2D eigenvalue weighted by atomic mass is 16.5. The van der Waals surface area contributed by atoms with Crippen molar-refractivity contribution in [2.24, 2.45) is 0 Å². The number of amides is 1. The van der Waals surface area contributed by atoms with Crippen LogP contribution in [-0.2, 0) is 20.9 Å². The molecule has 4 aromatic rings. The molecule has 1 aromatic heterocycles. The zero-order chi connectivity index (χ0) is 21.6. The molecular formula is C24H21N3O4. The van der Waals surface area contributed by atoms with Crippen LogP contribution in [-0.4, -0.2) is 28.0 Å². The van der Waals surface area contributed by atoms with Crippen molar-refractivity contribution < 1.29 is 19.1 Å². The van der Waals surface area contributed by atoms with Crippen molar-refractivity contribution in [1.82, 2.24) is 9.55 Å². The van der Waals surface area contributed by atoms with Crippen molar-refractivity contribution in [2.45, 2.75) is 13.5 Å². The van der Waals surface area contributed by atoms with E-state index in [0.717, 1.165) is 11.0 Å². The van der Waals surface area contributed by atoms with E-state index in [9.17, 15) is 9.59 Å². The number of nitrogens with zero attached hydrogens (tertiary/aromatic N) is 2. The number of para-hydroxylation sites is 3.